The lowest BCUT2D eigenvalue weighted by atomic mass is 10.1. The quantitative estimate of drug-likeness (QED) is 0.782. The zero-order valence-corrected chi connectivity index (χ0v) is 11.3. The molecule has 1 aliphatic rings. The van der Waals surface area contributed by atoms with E-state index in [9.17, 15) is 4.39 Å². The van der Waals surface area contributed by atoms with Crippen molar-refractivity contribution in [3.05, 3.63) is 35.8 Å². The Morgan fingerprint density at radius 1 is 1.44 bits per heavy atom. The number of nitrogens with zero attached hydrogens (tertiary/aromatic N) is 1. The molecule has 0 N–H and O–H groups in total. The highest BCUT2D eigenvalue weighted by atomic mass is 32.2. The first kappa shape index (κ1) is 12.1. The molecule has 1 aromatic heterocycles. The molecule has 1 aliphatic heterocycles. The van der Waals surface area contributed by atoms with E-state index in [1.54, 1.807) is 18.4 Å². The van der Waals surface area contributed by atoms with Gasteiger partial charge in [0.15, 0.2) is 0 Å². The van der Waals surface area contributed by atoms with E-state index in [1.165, 1.54) is 0 Å². The van der Waals surface area contributed by atoms with E-state index in [0.717, 1.165) is 28.8 Å². The van der Waals surface area contributed by atoms with Crippen LogP contribution in [0.2, 0.25) is 0 Å². The fourth-order valence-electron chi connectivity index (χ4n) is 2.31. The molecule has 0 spiro atoms. The third kappa shape index (κ3) is 2.04. The van der Waals surface area contributed by atoms with E-state index in [0.29, 0.717) is 6.04 Å². The topological polar surface area (TPSA) is 16.4 Å². The van der Waals surface area contributed by atoms with Crippen LogP contribution in [0.5, 0.6) is 0 Å². The predicted molar refractivity (Wildman–Crippen MR) is 73.5 cm³/mol. The fourth-order valence-corrected chi connectivity index (χ4v) is 3.78. The molecular weight excluding hydrogens is 249 g/mol. The van der Waals surface area contributed by atoms with Crippen molar-refractivity contribution in [1.29, 1.82) is 0 Å². The molecule has 4 heteroatoms. The molecule has 1 saturated heterocycles. The zero-order valence-electron chi connectivity index (χ0n) is 10.5. The van der Waals surface area contributed by atoms with Crippen molar-refractivity contribution in [2.24, 2.45) is 0 Å². The molecule has 0 saturated carbocycles. The van der Waals surface area contributed by atoms with Gasteiger partial charge in [-0.2, -0.15) is 11.8 Å². The van der Waals surface area contributed by atoms with E-state index >= 15 is 0 Å². The summed E-state index contributed by atoms with van der Waals surface area (Å²) >= 11 is 1.83. The molecule has 0 radical (unpaired) electrons. The summed E-state index contributed by atoms with van der Waals surface area (Å²) in [4.78, 5) is 2.28. The number of fused-ring (bicyclic) bond motifs is 1. The van der Waals surface area contributed by atoms with Crippen LogP contribution in [0.15, 0.2) is 28.9 Å². The van der Waals surface area contributed by atoms with Crippen molar-refractivity contribution < 1.29 is 8.81 Å². The number of likely N-dealkylation sites (N-methyl/N-ethyl adjacent to an activating group) is 1. The highest BCUT2D eigenvalue weighted by molar-refractivity contribution is 7.99. The Bertz CT molecular complexity index is 568. The van der Waals surface area contributed by atoms with Crippen LogP contribution < -0.4 is 0 Å². The molecule has 2 nitrogen and oxygen atoms in total. The van der Waals surface area contributed by atoms with Gasteiger partial charge in [0, 0.05) is 34.5 Å². The minimum atomic E-state index is -0.121. The molecule has 2 unspecified atom stereocenters. The fraction of sp³-hybridized carbons (Fsp3) is 0.429. The highest BCUT2D eigenvalue weighted by Crippen LogP contribution is 2.37. The first-order valence-corrected chi connectivity index (χ1v) is 7.18. The first-order chi connectivity index (χ1) is 8.65. The van der Waals surface area contributed by atoms with Gasteiger partial charge in [-0.1, -0.05) is 0 Å². The summed E-state index contributed by atoms with van der Waals surface area (Å²) in [6, 6.07) is 5.78. The molecule has 3 rings (SSSR count). The first-order valence-electron chi connectivity index (χ1n) is 6.13. The number of halogens is 1. The molecule has 0 bridgehead atoms. The third-order valence-corrected chi connectivity index (χ3v) is 5.14. The summed E-state index contributed by atoms with van der Waals surface area (Å²) in [6.07, 6.45) is 1.61. The summed E-state index contributed by atoms with van der Waals surface area (Å²) in [5, 5.41) is 1.03. The Labute approximate surface area is 110 Å². The monoisotopic (exact) mass is 265 g/mol. The molecule has 18 heavy (non-hydrogen) atoms. The van der Waals surface area contributed by atoms with E-state index in [4.69, 9.17) is 4.42 Å². The lowest BCUT2D eigenvalue weighted by molar-refractivity contribution is 0.268. The van der Waals surface area contributed by atoms with Crippen LogP contribution in [0, 0.1) is 5.82 Å². The lowest BCUT2D eigenvalue weighted by Gasteiger charge is -2.35. The van der Waals surface area contributed by atoms with Crippen molar-refractivity contribution in [2.45, 2.75) is 18.2 Å². The highest BCUT2D eigenvalue weighted by Gasteiger charge is 2.26. The van der Waals surface area contributed by atoms with E-state index in [2.05, 4.69) is 18.9 Å². The largest absolute Gasteiger partial charge is 0.464 e. The number of furan rings is 1. The van der Waals surface area contributed by atoms with Gasteiger partial charge in [-0.3, -0.25) is 0 Å². The second-order valence-electron chi connectivity index (χ2n) is 4.94. The maximum Gasteiger partial charge on any atom is 0.134 e. The summed E-state index contributed by atoms with van der Waals surface area (Å²) in [5.41, 5.74) is 1.54. The summed E-state index contributed by atoms with van der Waals surface area (Å²) in [6.45, 7) is 3.09. The molecule has 2 atom stereocenters. The number of hydrogen-bond acceptors (Lipinski definition) is 3. The smallest absolute Gasteiger partial charge is 0.134 e. The van der Waals surface area contributed by atoms with Gasteiger partial charge in [-0.05, 0) is 32.2 Å². The minimum absolute atomic E-state index is 0.121. The Kier molecular flexibility index (Phi) is 3.08. The second kappa shape index (κ2) is 4.59. The lowest BCUT2D eigenvalue weighted by Crippen LogP contribution is -2.38. The van der Waals surface area contributed by atoms with Gasteiger partial charge in [0.2, 0.25) is 0 Å². The molecule has 2 aromatic rings. The third-order valence-electron chi connectivity index (χ3n) is 3.66. The van der Waals surface area contributed by atoms with Crippen LogP contribution in [0.25, 0.3) is 11.0 Å². The average molecular weight is 265 g/mol. The van der Waals surface area contributed by atoms with Crippen LogP contribution in [0.1, 0.15) is 17.7 Å². The van der Waals surface area contributed by atoms with Gasteiger partial charge in [0.05, 0.1) is 6.26 Å². The van der Waals surface area contributed by atoms with Gasteiger partial charge in [0.25, 0.3) is 0 Å². The Morgan fingerprint density at radius 3 is 3.06 bits per heavy atom. The standard InChI is InChI=1S/C14H16FNOS/c1-9-8-18-14(7-16(9)2)11-6-13-10(3-4-17-13)5-12(11)15/h3-6,9,14H,7-8H2,1-2H3. The molecular formula is C14H16FNOS. The summed E-state index contributed by atoms with van der Waals surface area (Å²) in [5.74, 6) is 0.918. The van der Waals surface area contributed by atoms with Gasteiger partial charge in [-0.15, -0.1) is 0 Å². The SMILES string of the molecule is CC1CSC(c2cc3occc3cc2F)CN1C. The van der Waals surface area contributed by atoms with Crippen molar-refractivity contribution in [1.82, 2.24) is 4.90 Å². The normalized spacial score (nSPS) is 25.7. The van der Waals surface area contributed by atoms with E-state index < -0.39 is 0 Å². The van der Waals surface area contributed by atoms with Crippen molar-refractivity contribution >= 4 is 22.7 Å². The van der Waals surface area contributed by atoms with Gasteiger partial charge in [0.1, 0.15) is 11.4 Å². The predicted octanol–water partition coefficient (Wildman–Crippen LogP) is 3.68. The molecule has 96 valence electrons. The summed E-state index contributed by atoms with van der Waals surface area (Å²) < 4.78 is 19.5. The van der Waals surface area contributed by atoms with Crippen LogP contribution in [0.4, 0.5) is 4.39 Å². The molecule has 0 aliphatic carbocycles. The number of benzene rings is 1. The maximum absolute atomic E-state index is 14.1. The number of rotatable bonds is 1. The van der Waals surface area contributed by atoms with Crippen LogP contribution in [-0.4, -0.2) is 30.3 Å². The molecule has 1 fully saturated rings. The molecule has 2 heterocycles. The average Bonchev–Trinajstić information content (AvgIpc) is 2.79. The minimum Gasteiger partial charge on any atom is -0.464 e. The van der Waals surface area contributed by atoms with E-state index in [-0.39, 0.29) is 11.1 Å². The number of hydrogen-bond donors (Lipinski definition) is 0. The van der Waals surface area contributed by atoms with Crippen LogP contribution in [0.3, 0.4) is 0 Å². The van der Waals surface area contributed by atoms with Gasteiger partial charge in [-0.25, -0.2) is 4.39 Å². The zero-order chi connectivity index (χ0) is 12.7. The van der Waals surface area contributed by atoms with Gasteiger partial charge >= 0.3 is 0 Å². The van der Waals surface area contributed by atoms with Crippen molar-refractivity contribution in [2.75, 3.05) is 19.3 Å². The molecule has 1 aromatic carbocycles. The summed E-state index contributed by atoms with van der Waals surface area (Å²) in [7, 11) is 2.10. The van der Waals surface area contributed by atoms with Crippen LogP contribution in [-0.2, 0) is 0 Å². The van der Waals surface area contributed by atoms with Crippen molar-refractivity contribution in [3.8, 4) is 0 Å². The van der Waals surface area contributed by atoms with Crippen molar-refractivity contribution in [3.63, 3.8) is 0 Å². The van der Waals surface area contributed by atoms with Crippen LogP contribution >= 0.6 is 11.8 Å². The Balaban J connectivity index is 1.95. The Morgan fingerprint density at radius 2 is 2.28 bits per heavy atom. The number of thioether (sulfide) groups is 1. The maximum atomic E-state index is 14.1. The Hall–Kier alpha value is -1.00. The molecule has 0 amide bonds. The second-order valence-corrected chi connectivity index (χ2v) is 6.18. The van der Waals surface area contributed by atoms with Gasteiger partial charge < -0.3 is 9.32 Å². The van der Waals surface area contributed by atoms with E-state index in [1.807, 2.05) is 17.8 Å².